The monoisotopic (exact) mass is 228 g/mol. The molecule has 0 aromatic rings. The molecule has 0 saturated heterocycles. The first-order valence-electron chi connectivity index (χ1n) is 7.06. The molecule has 0 aliphatic carbocycles. The Morgan fingerprint density at radius 2 is 1.12 bits per heavy atom. The Labute approximate surface area is 105 Å². The minimum atomic E-state index is 0. The molecule has 0 aromatic carbocycles. The largest absolute Gasteiger partial charge is 0.0776 e. The van der Waals surface area contributed by atoms with Crippen molar-refractivity contribution < 1.29 is 0 Å². The SMILES string of the molecule is C.CCC(C)CCCC(C)CCCC(C)C. The van der Waals surface area contributed by atoms with Gasteiger partial charge in [0.2, 0.25) is 0 Å². The summed E-state index contributed by atoms with van der Waals surface area (Å²) < 4.78 is 0. The van der Waals surface area contributed by atoms with Crippen LogP contribution in [-0.2, 0) is 0 Å². The van der Waals surface area contributed by atoms with Crippen LogP contribution in [0.5, 0.6) is 0 Å². The Hall–Kier alpha value is 0. The molecule has 0 heteroatoms. The van der Waals surface area contributed by atoms with Gasteiger partial charge in [-0.25, -0.2) is 0 Å². The number of rotatable bonds is 9. The van der Waals surface area contributed by atoms with Crippen molar-refractivity contribution in [2.45, 2.75) is 87.0 Å². The molecule has 0 bridgehead atoms. The summed E-state index contributed by atoms with van der Waals surface area (Å²) in [5.41, 5.74) is 0. The molecular formula is C16H36. The molecule has 100 valence electrons. The summed E-state index contributed by atoms with van der Waals surface area (Å²) >= 11 is 0. The molecule has 2 atom stereocenters. The Kier molecular flexibility index (Phi) is 13.2. The highest BCUT2D eigenvalue weighted by Gasteiger charge is 2.04. The van der Waals surface area contributed by atoms with E-state index >= 15 is 0 Å². The Balaban J connectivity index is 0. The topological polar surface area (TPSA) is 0 Å². The van der Waals surface area contributed by atoms with Crippen LogP contribution < -0.4 is 0 Å². The zero-order valence-electron chi connectivity index (χ0n) is 11.7. The van der Waals surface area contributed by atoms with Crippen LogP contribution in [0.1, 0.15) is 87.0 Å². The lowest BCUT2D eigenvalue weighted by Gasteiger charge is -2.13. The normalized spacial score (nSPS) is 14.6. The summed E-state index contributed by atoms with van der Waals surface area (Å²) in [6.07, 6.45) is 9.96. The van der Waals surface area contributed by atoms with Gasteiger partial charge in [-0.1, -0.05) is 87.0 Å². The van der Waals surface area contributed by atoms with Crippen LogP contribution >= 0.6 is 0 Å². The van der Waals surface area contributed by atoms with Crippen LogP contribution in [0.2, 0.25) is 0 Å². The van der Waals surface area contributed by atoms with Crippen molar-refractivity contribution in [2.75, 3.05) is 0 Å². The van der Waals surface area contributed by atoms with Gasteiger partial charge in [0, 0.05) is 0 Å². The molecule has 0 nitrogen and oxygen atoms in total. The second-order valence-electron chi connectivity index (χ2n) is 5.87. The predicted molar refractivity (Wildman–Crippen MR) is 77.9 cm³/mol. The standard InChI is InChI=1S/C15H32.CH4/c1-6-14(4)10-8-12-15(5)11-7-9-13(2)3;/h13-15H,6-12H2,1-5H3;1H4. The fourth-order valence-corrected chi connectivity index (χ4v) is 2.04. The molecule has 0 fully saturated rings. The molecule has 0 aromatic heterocycles. The third kappa shape index (κ3) is 12.1. The summed E-state index contributed by atoms with van der Waals surface area (Å²) in [6.45, 7) is 11.8. The smallest absolute Gasteiger partial charge is 0.0443 e. The molecule has 0 spiro atoms. The fraction of sp³-hybridized carbons (Fsp3) is 1.00. The minimum absolute atomic E-state index is 0. The summed E-state index contributed by atoms with van der Waals surface area (Å²) in [4.78, 5) is 0. The Morgan fingerprint density at radius 1 is 0.688 bits per heavy atom. The van der Waals surface area contributed by atoms with Gasteiger partial charge in [-0.15, -0.1) is 0 Å². The second-order valence-corrected chi connectivity index (χ2v) is 5.87. The van der Waals surface area contributed by atoms with E-state index < -0.39 is 0 Å². The average molecular weight is 228 g/mol. The predicted octanol–water partition coefficient (Wildman–Crippen LogP) is 6.30. The zero-order chi connectivity index (χ0) is 11.7. The molecule has 0 aliphatic rings. The van der Waals surface area contributed by atoms with Crippen molar-refractivity contribution in [1.29, 1.82) is 0 Å². The minimum Gasteiger partial charge on any atom is -0.0776 e. The maximum Gasteiger partial charge on any atom is -0.0443 e. The molecule has 2 unspecified atom stereocenters. The first kappa shape index (κ1) is 18.4. The highest BCUT2D eigenvalue weighted by molar-refractivity contribution is 4.58. The van der Waals surface area contributed by atoms with Gasteiger partial charge in [-0.05, 0) is 17.8 Å². The highest BCUT2D eigenvalue weighted by Crippen LogP contribution is 2.19. The van der Waals surface area contributed by atoms with Crippen LogP contribution in [0.4, 0.5) is 0 Å². The lowest BCUT2D eigenvalue weighted by Crippen LogP contribution is -1.99. The maximum absolute atomic E-state index is 2.43. The zero-order valence-corrected chi connectivity index (χ0v) is 11.7. The molecule has 0 saturated carbocycles. The van der Waals surface area contributed by atoms with Crippen molar-refractivity contribution in [2.24, 2.45) is 17.8 Å². The lowest BCUT2D eigenvalue weighted by molar-refractivity contribution is 0.397. The molecule has 0 radical (unpaired) electrons. The molecule has 0 heterocycles. The van der Waals surface area contributed by atoms with Crippen molar-refractivity contribution >= 4 is 0 Å². The van der Waals surface area contributed by atoms with E-state index in [0.29, 0.717) is 0 Å². The van der Waals surface area contributed by atoms with E-state index in [4.69, 9.17) is 0 Å². The van der Waals surface area contributed by atoms with Gasteiger partial charge in [0.25, 0.3) is 0 Å². The van der Waals surface area contributed by atoms with Gasteiger partial charge < -0.3 is 0 Å². The third-order valence-electron chi connectivity index (χ3n) is 3.57. The van der Waals surface area contributed by atoms with Crippen LogP contribution in [0.25, 0.3) is 0 Å². The summed E-state index contributed by atoms with van der Waals surface area (Å²) in [5, 5.41) is 0. The van der Waals surface area contributed by atoms with E-state index in [0.717, 1.165) is 17.8 Å². The molecule has 0 rings (SSSR count). The van der Waals surface area contributed by atoms with Crippen molar-refractivity contribution in [1.82, 2.24) is 0 Å². The first-order valence-corrected chi connectivity index (χ1v) is 7.06. The molecule has 0 N–H and O–H groups in total. The summed E-state index contributed by atoms with van der Waals surface area (Å²) in [5.74, 6) is 2.78. The average Bonchev–Trinajstić information content (AvgIpc) is 2.17. The van der Waals surface area contributed by atoms with E-state index in [1.807, 2.05) is 0 Å². The van der Waals surface area contributed by atoms with Gasteiger partial charge in [-0.2, -0.15) is 0 Å². The maximum atomic E-state index is 2.43. The highest BCUT2D eigenvalue weighted by atomic mass is 14.1. The van der Waals surface area contributed by atoms with Gasteiger partial charge >= 0.3 is 0 Å². The van der Waals surface area contributed by atoms with Crippen LogP contribution in [0, 0.1) is 17.8 Å². The van der Waals surface area contributed by atoms with E-state index in [9.17, 15) is 0 Å². The van der Waals surface area contributed by atoms with Gasteiger partial charge in [0.1, 0.15) is 0 Å². The van der Waals surface area contributed by atoms with E-state index in [2.05, 4.69) is 34.6 Å². The van der Waals surface area contributed by atoms with Crippen molar-refractivity contribution in [3.63, 3.8) is 0 Å². The molecule has 0 aliphatic heterocycles. The van der Waals surface area contributed by atoms with Crippen molar-refractivity contribution in [3.8, 4) is 0 Å². The van der Waals surface area contributed by atoms with Crippen LogP contribution in [0.15, 0.2) is 0 Å². The van der Waals surface area contributed by atoms with Crippen molar-refractivity contribution in [3.05, 3.63) is 0 Å². The number of hydrogen-bond acceptors (Lipinski definition) is 0. The molecule has 16 heavy (non-hydrogen) atoms. The second kappa shape index (κ2) is 11.5. The third-order valence-corrected chi connectivity index (χ3v) is 3.57. The number of hydrogen-bond donors (Lipinski definition) is 0. The summed E-state index contributed by atoms with van der Waals surface area (Å²) in [7, 11) is 0. The van der Waals surface area contributed by atoms with Crippen LogP contribution in [0.3, 0.4) is 0 Å². The van der Waals surface area contributed by atoms with Gasteiger partial charge in [0.05, 0.1) is 0 Å². The van der Waals surface area contributed by atoms with Gasteiger partial charge in [-0.3, -0.25) is 0 Å². The molecular weight excluding hydrogens is 192 g/mol. The Morgan fingerprint density at radius 3 is 1.56 bits per heavy atom. The summed E-state index contributed by atoms with van der Waals surface area (Å²) in [6, 6.07) is 0. The van der Waals surface area contributed by atoms with Crippen LogP contribution in [-0.4, -0.2) is 0 Å². The van der Waals surface area contributed by atoms with E-state index in [1.165, 1.54) is 44.9 Å². The molecule has 0 amide bonds. The van der Waals surface area contributed by atoms with Gasteiger partial charge in [0.15, 0.2) is 0 Å². The quantitative estimate of drug-likeness (QED) is 0.434. The van der Waals surface area contributed by atoms with E-state index in [-0.39, 0.29) is 7.43 Å². The van der Waals surface area contributed by atoms with E-state index in [1.54, 1.807) is 0 Å². The lowest BCUT2D eigenvalue weighted by atomic mass is 9.93. The first-order chi connectivity index (χ1) is 7.06. The Bertz CT molecular complexity index is 126. The fourth-order valence-electron chi connectivity index (χ4n) is 2.04.